The summed E-state index contributed by atoms with van der Waals surface area (Å²) in [5.41, 5.74) is -0.502. The number of halogens is 3. The van der Waals surface area contributed by atoms with Crippen LogP contribution >= 0.6 is 0 Å². The lowest BCUT2D eigenvalue weighted by Crippen LogP contribution is -2.29. The monoisotopic (exact) mass is 221 g/mol. The van der Waals surface area contributed by atoms with Crippen LogP contribution in [0.1, 0.15) is 0 Å². The van der Waals surface area contributed by atoms with Gasteiger partial charge in [-0.25, -0.2) is 0 Å². The van der Waals surface area contributed by atoms with E-state index < -0.39 is 23.5 Å². The number of anilines is 1. The third-order valence-corrected chi connectivity index (χ3v) is 1.49. The van der Waals surface area contributed by atoms with Crippen LogP contribution in [0.2, 0.25) is 0 Å². The Hall–Kier alpha value is -1.92. The predicted molar refractivity (Wildman–Crippen MR) is 44.5 cm³/mol. The van der Waals surface area contributed by atoms with Crippen LogP contribution in [0.15, 0.2) is 18.2 Å². The van der Waals surface area contributed by atoms with Crippen LogP contribution in [-0.4, -0.2) is 22.3 Å². The first-order valence-corrected chi connectivity index (χ1v) is 3.71. The minimum atomic E-state index is -5.04. The molecule has 0 aliphatic rings. The van der Waals surface area contributed by atoms with Crippen LogP contribution in [0.3, 0.4) is 0 Å². The number of benzene rings is 1. The standard InChI is InChI=1S/C8H6F3NO3/c9-8(10,11)7(15)12-5-3-4(13)1-2-6(5)14/h1-3,13-14H,(H,12,15). The van der Waals surface area contributed by atoms with Gasteiger partial charge in [-0.1, -0.05) is 0 Å². The minimum Gasteiger partial charge on any atom is -0.508 e. The zero-order valence-corrected chi connectivity index (χ0v) is 7.17. The largest absolute Gasteiger partial charge is 0.508 e. The smallest absolute Gasteiger partial charge is 0.471 e. The Morgan fingerprint density at radius 1 is 1.27 bits per heavy atom. The second kappa shape index (κ2) is 3.68. The number of phenols is 2. The van der Waals surface area contributed by atoms with Crippen LogP contribution in [0.25, 0.3) is 0 Å². The Labute approximate surface area is 82.0 Å². The molecule has 0 aromatic heterocycles. The van der Waals surface area contributed by atoms with Crippen molar-refractivity contribution in [3.63, 3.8) is 0 Å². The number of hydrogen-bond donors (Lipinski definition) is 3. The van der Waals surface area contributed by atoms with Crippen molar-refractivity contribution in [1.29, 1.82) is 0 Å². The van der Waals surface area contributed by atoms with E-state index in [9.17, 15) is 18.0 Å². The van der Waals surface area contributed by atoms with Crippen molar-refractivity contribution in [2.24, 2.45) is 0 Å². The van der Waals surface area contributed by atoms with Crippen LogP contribution in [0.5, 0.6) is 11.5 Å². The molecule has 0 bridgehead atoms. The van der Waals surface area contributed by atoms with Crippen molar-refractivity contribution in [3.05, 3.63) is 18.2 Å². The van der Waals surface area contributed by atoms with Crippen LogP contribution in [0, 0.1) is 0 Å². The summed E-state index contributed by atoms with van der Waals surface area (Å²) < 4.78 is 35.4. The summed E-state index contributed by atoms with van der Waals surface area (Å²) in [6, 6.07) is 2.83. The molecule has 3 N–H and O–H groups in total. The average Bonchev–Trinajstić information content (AvgIpc) is 2.09. The van der Waals surface area contributed by atoms with Crippen molar-refractivity contribution in [3.8, 4) is 11.5 Å². The molecule has 7 heteroatoms. The van der Waals surface area contributed by atoms with Gasteiger partial charge in [-0.2, -0.15) is 13.2 Å². The maximum Gasteiger partial charge on any atom is 0.471 e. The molecule has 0 aliphatic carbocycles. The normalized spacial score (nSPS) is 11.1. The van der Waals surface area contributed by atoms with Gasteiger partial charge in [0, 0.05) is 6.07 Å². The summed E-state index contributed by atoms with van der Waals surface area (Å²) in [5.74, 6) is -3.15. The van der Waals surface area contributed by atoms with Gasteiger partial charge in [0.1, 0.15) is 11.5 Å². The van der Waals surface area contributed by atoms with E-state index in [4.69, 9.17) is 10.2 Å². The number of carbonyl (C=O) groups is 1. The number of alkyl halides is 3. The predicted octanol–water partition coefficient (Wildman–Crippen LogP) is 1.60. The molecule has 4 nitrogen and oxygen atoms in total. The lowest BCUT2D eigenvalue weighted by molar-refractivity contribution is -0.167. The molecule has 15 heavy (non-hydrogen) atoms. The van der Waals surface area contributed by atoms with E-state index in [0.717, 1.165) is 18.2 Å². The van der Waals surface area contributed by atoms with Gasteiger partial charge >= 0.3 is 12.1 Å². The molecule has 0 atom stereocenters. The maximum absolute atomic E-state index is 11.8. The van der Waals surface area contributed by atoms with Crippen LogP contribution in [-0.2, 0) is 4.79 Å². The number of nitrogens with one attached hydrogen (secondary N) is 1. The first-order valence-electron chi connectivity index (χ1n) is 3.71. The van der Waals surface area contributed by atoms with Gasteiger partial charge in [-0.3, -0.25) is 4.79 Å². The topological polar surface area (TPSA) is 69.6 Å². The Morgan fingerprint density at radius 3 is 2.40 bits per heavy atom. The fraction of sp³-hybridized carbons (Fsp3) is 0.125. The van der Waals surface area contributed by atoms with Crippen LogP contribution in [0.4, 0.5) is 18.9 Å². The number of phenolic OH excluding ortho intramolecular Hbond substituents is 2. The fourth-order valence-corrected chi connectivity index (χ4v) is 0.817. The van der Waals surface area contributed by atoms with E-state index in [1.54, 1.807) is 0 Å². The maximum atomic E-state index is 11.8. The highest BCUT2D eigenvalue weighted by Gasteiger charge is 2.39. The number of amides is 1. The van der Waals surface area contributed by atoms with Gasteiger partial charge in [-0.15, -0.1) is 0 Å². The Balaban J connectivity index is 2.90. The van der Waals surface area contributed by atoms with Crippen molar-refractivity contribution in [2.75, 3.05) is 5.32 Å². The number of carbonyl (C=O) groups excluding carboxylic acids is 1. The number of hydrogen-bond acceptors (Lipinski definition) is 3. The zero-order chi connectivity index (χ0) is 11.6. The van der Waals surface area contributed by atoms with Gasteiger partial charge < -0.3 is 15.5 Å². The summed E-state index contributed by atoms with van der Waals surface area (Å²) >= 11 is 0. The summed E-state index contributed by atoms with van der Waals surface area (Å²) in [4.78, 5) is 10.5. The van der Waals surface area contributed by atoms with E-state index in [2.05, 4.69) is 0 Å². The molecular formula is C8H6F3NO3. The zero-order valence-electron chi connectivity index (χ0n) is 7.17. The number of rotatable bonds is 1. The average molecular weight is 221 g/mol. The van der Waals surface area contributed by atoms with E-state index >= 15 is 0 Å². The van der Waals surface area contributed by atoms with Crippen molar-refractivity contribution in [2.45, 2.75) is 6.18 Å². The molecular weight excluding hydrogens is 215 g/mol. The molecule has 1 aromatic rings. The molecule has 0 fully saturated rings. The molecule has 0 saturated heterocycles. The quantitative estimate of drug-likeness (QED) is 0.498. The second-order valence-electron chi connectivity index (χ2n) is 2.65. The summed E-state index contributed by atoms with van der Waals surface area (Å²) in [6.07, 6.45) is -5.04. The third kappa shape index (κ3) is 2.76. The van der Waals surface area contributed by atoms with Crippen molar-refractivity contribution >= 4 is 11.6 Å². The molecule has 1 rings (SSSR count). The fourth-order valence-electron chi connectivity index (χ4n) is 0.817. The van der Waals surface area contributed by atoms with Crippen molar-refractivity contribution < 1.29 is 28.2 Å². The Morgan fingerprint density at radius 2 is 1.87 bits per heavy atom. The Kier molecular flexibility index (Phi) is 2.74. The lowest BCUT2D eigenvalue weighted by Gasteiger charge is -2.09. The molecule has 1 amide bonds. The van der Waals surface area contributed by atoms with E-state index in [1.807, 2.05) is 0 Å². The second-order valence-corrected chi connectivity index (χ2v) is 2.65. The number of aromatic hydroxyl groups is 2. The highest BCUT2D eigenvalue weighted by atomic mass is 19.4. The molecule has 0 spiro atoms. The van der Waals surface area contributed by atoms with E-state index in [1.165, 1.54) is 5.32 Å². The molecule has 0 heterocycles. The first-order chi connectivity index (χ1) is 6.80. The molecule has 0 aliphatic heterocycles. The summed E-state index contributed by atoms with van der Waals surface area (Å²) in [6.45, 7) is 0. The van der Waals surface area contributed by atoms with Gasteiger partial charge in [0.05, 0.1) is 5.69 Å². The summed E-state index contributed by atoms with van der Waals surface area (Å²) in [5, 5.41) is 19.4. The van der Waals surface area contributed by atoms with Crippen molar-refractivity contribution in [1.82, 2.24) is 0 Å². The first kappa shape index (κ1) is 11.2. The lowest BCUT2D eigenvalue weighted by atomic mass is 10.2. The Bertz CT molecular complexity index is 389. The van der Waals surface area contributed by atoms with Crippen LogP contribution < -0.4 is 5.32 Å². The highest BCUT2D eigenvalue weighted by molar-refractivity contribution is 5.96. The molecule has 0 saturated carbocycles. The third-order valence-electron chi connectivity index (χ3n) is 1.49. The van der Waals surface area contributed by atoms with E-state index in [-0.39, 0.29) is 5.75 Å². The van der Waals surface area contributed by atoms with Gasteiger partial charge in [0.15, 0.2) is 0 Å². The molecule has 0 unspecified atom stereocenters. The highest BCUT2D eigenvalue weighted by Crippen LogP contribution is 2.28. The SMILES string of the molecule is O=C(Nc1cc(O)ccc1O)C(F)(F)F. The molecule has 1 aromatic carbocycles. The summed E-state index contributed by atoms with van der Waals surface area (Å²) in [7, 11) is 0. The van der Waals surface area contributed by atoms with Gasteiger partial charge in [-0.05, 0) is 12.1 Å². The molecule has 82 valence electrons. The molecule has 0 radical (unpaired) electrons. The van der Waals surface area contributed by atoms with E-state index in [0.29, 0.717) is 0 Å². The minimum absolute atomic E-state index is 0.370. The van der Waals surface area contributed by atoms with Gasteiger partial charge in [0.2, 0.25) is 0 Å². The van der Waals surface area contributed by atoms with Gasteiger partial charge in [0.25, 0.3) is 0 Å².